The molecule has 9 nitrogen and oxygen atoms in total. The lowest BCUT2D eigenvalue weighted by Crippen LogP contribution is -2.63. The van der Waals surface area contributed by atoms with Gasteiger partial charge in [0.15, 0.2) is 6.29 Å². The van der Waals surface area contributed by atoms with Crippen LogP contribution < -0.4 is 0 Å². The Morgan fingerprint density at radius 3 is 2.47 bits per heavy atom. The molecule has 6 rings (SSSR count). The summed E-state index contributed by atoms with van der Waals surface area (Å²) in [4.78, 5) is 12.4. The molecule has 0 spiro atoms. The maximum atomic E-state index is 12.4. The second kappa shape index (κ2) is 9.50. The zero-order valence-corrected chi connectivity index (χ0v) is 22.5. The molecule has 5 N–H and O–H groups in total. The Kier molecular flexibility index (Phi) is 6.78. The summed E-state index contributed by atoms with van der Waals surface area (Å²) < 4.78 is 17.0. The highest BCUT2D eigenvalue weighted by Gasteiger charge is 2.68. The molecule has 5 fully saturated rings. The largest absolute Gasteiger partial charge is 0.458 e. The monoisotopic (exact) mass is 536 g/mol. The Hall–Kier alpha value is -1.07. The minimum Gasteiger partial charge on any atom is -0.458 e. The van der Waals surface area contributed by atoms with Gasteiger partial charge < -0.3 is 39.7 Å². The summed E-state index contributed by atoms with van der Waals surface area (Å²) in [7, 11) is 0. The van der Waals surface area contributed by atoms with Crippen LogP contribution in [0, 0.1) is 34.5 Å². The first kappa shape index (κ1) is 27.1. The van der Waals surface area contributed by atoms with Crippen molar-refractivity contribution in [1.29, 1.82) is 0 Å². The van der Waals surface area contributed by atoms with E-state index in [4.69, 9.17) is 14.2 Å². The first-order chi connectivity index (χ1) is 18.0. The Balaban J connectivity index is 1.16. The number of ether oxygens (including phenoxy) is 3. The summed E-state index contributed by atoms with van der Waals surface area (Å²) in [6.07, 6.45) is 3.42. The predicted octanol–water partition coefficient (Wildman–Crippen LogP) is 1.43. The summed E-state index contributed by atoms with van der Waals surface area (Å²) >= 11 is 0. The quantitative estimate of drug-likeness (QED) is 0.266. The fourth-order valence-corrected chi connectivity index (χ4v) is 9.84. The third kappa shape index (κ3) is 3.80. The van der Waals surface area contributed by atoms with E-state index in [1.807, 2.05) is 6.08 Å². The van der Waals surface area contributed by atoms with Crippen LogP contribution in [-0.4, -0.2) is 87.1 Å². The summed E-state index contributed by atoms with van der Waals surface area (Å²) in [6, 6.07) is 0. The maximum absolute atomic E-state index is 12.4. The third-order valence-corrected chi connectivity index (χ3v) is 12.1. The Labute approximate surface area is 224 Å². The van der Waals surface area contributed by atoms with Gasteiger partial charge in [-0.1, -0.05) is 13.8 Å². The van der Waals surface area contributed by atoms with E-state index >= 15 is 0 Å². The molecule has 1 saturated heterocycles. The molecule has 0 radical (unpaired) electrons. The average molecular weight is 537 g/mol. The van der Waals surface area contributed by atoms with E-state index in [1.165, 1.54) is 0 Å². The van der Waals surface area contributed by atoms with Crippen LogP contribution in [0.2, 0.25) is 0 Å². The van der Waals surface area contributed by atoms with Gasteiger partial charge in [-0.2, -0.15) is 0 Å². The topological polar surface area (TPSA) is 146 Å². The molecule has 9 heteroatoms. The van der Waals surface area contributed by atoms with Gasteiger partial charge in [0.2, 0.25) is 0 Å². The highest BCUT2D eigenvalue weighted by Crippen LogP contribution is 2.70. The van der Waals surface area contributed by atoms with E-state index in [-0.39, 0.29) is 34.7 Å². The van der Waals surface area contributed by atoms with Crippen molar-refractivity contribution in [2.75, 3.05) is 13.2 Å². The van der Waals surface area contributed by atoms with Crippen molar-refractivity contribution >= 4 is 5.97 Å². The van der Waals surface area contributed by atoms with Gasteiger partial charge >= 0.3 is 5.97 Å². The molecule has 4 saturated carbocycles. The van der Waals surface area contributed by atoms with Crippen molar-refractivity contribution < 1.29 is 44.5 Å². The van der Waals surface area contributed by atoms with Crippen molar-refractivity contribution in [2.24, 2.45) is 34.5 Å². The van der Waals surface area contributed by atoms with E-state index in [2.05, 4.69) is 13.8 Å². The number of hydrogen-bond acceptors (Lipinski definition) is 9. The minimum atomic E-state index is -1.44. The summed E-state index contributed by atoms with van der Waals surface area (Å²) in [5.74, 6) is 0.849. The lowest BCUT2D eigenvalue weighted by molar-refractivity contribution is -0.317. The third-order valence-electron chi connectivity index (χ3n) is 12.1. The lowest BCUT2D eigenvalue weighted by Gasteiger charge is -2.63. The van der Waals surface area contributed by atoms with E-state index in [0.717, 1.165) is 63.4 Å². The van der Waals surface area contributed by atoms with Crippen molar-refractivity contribution in [2.45, 2.75) is 114 Å². The molecule has 0 aromatic rings. The summed E-state index contributed by atoms with van der Waals surface area (Å²) in [5.41, 5.74) is -0.274. The Morgan fingerprint density at radius 1 is 0.974 bits per heavy atom. The van der Waals surface area contributed by atoms with Gasteiger partial charge in [0.25, 0.3) is 0 Å². The van der Waals surface area contributed by atoms with Crippen molar-refractivity contribution in [1.82, 2.24) is 0 Å². The number of esters is 1. The normalized spacial score (nSPS) is 54.5. The molecule has 0 amide bonds. The van der Waals surface area contributed by atoms with Gasteiger partial charge in [-0.05, 0) is 93.0 Å². The summed E-state index contributed by atoms with van der Waals surface area (Å²) in [5, 5.41) is 52.5. The van der Waals surface area contributed by atoms with Gasteiger partial charge in [-0.25, -0.2) is 4.79 Å². The molecule has 0 aromatic carbocycles. The minimum absolute atomic E-state index is 0.0525. The highest BCUT2D eigenvalue weighted by atomic mass is 16.7. The second-order valence-corrected chi connectivity index (χ2v) is 13.5. The van der Waals surface area contributed by atoms with E-state index in [0.29, 0.717) is 18.4 Å². The molecule has 6 aliphatic rings. The van der Waals surface area contributed by atoms with E-state index in [1.54, 1.807) is 0 Å². The summed E-state index contributed by atoms with van der Waals surface area (Å²) in [6.45, 7) is 4.46. The SMILES string of the molecule is C[C@]12CC[C@H](O[C@@H]3O[C@H](CO)[C@@H](O)[C@H](O)[C@H]3O)C[C@@H]1CC[C@@H]1[C@@H]2CC[C@]2(C)[C@@H](C3=CCOC3=O)CC[C@@]12O. The standard InChI is InChI=1S/C29H44O9/c1-27-9-5-16(37-26-24(33)23(32)22(31)21(14-30)38-26)13-15(27)3-4-20-19(27)6-10-28(2)18(7-11-29(20,28)35)17-8-12-36-25(17)34/h8,15-16,18-24,26,30-33,35H,3-7,9-14H2,1-2H3/t15-,16-,18+,19-,20+,21+,22+,23-,24+,26+,27-,28+,29+/m0/s1. The fraction of sp³-hybridized carbons (Fsp3) is 0.897. The van der Waals surface area contributed by atoms with Gasteiger partial charge in [-0.3, -0.25) is 0 Å². The Bertz CT molecular complexity index is 968. The molecule has 0 bridgehead atoms. The van der Waals surface area contributed by atoms with Gasteiger partial charge in [0, 0.05) is 11.0 Å². The molecule has 13 atom stereocenters. The molecule has 0 aromatic heterocycles. The number of carbonyl (C=O) groups excluding carboxylic acids is 1. The number of aliphatic hydroxyl groups excluding tert-OH is 4. The van der Waals surface area contributed by atoms with Crippen LogP contribution in [0.3, 0.4) is 0 Å². The van der Waals surface area contributed by atoms with Crippen LogP contribution in [0.5, 0.6) is 0 Å². The first-order valence-electron chi connectivity index (χ1n) is 14.6. The zero-order valence-electron chi connectivity index (χ0n) is 22.5. The van der Waals surface area contributed by atoms with Crippen LogP contribution >= 0.6 is 0 Å². The smallest absolute Gasteiger partial charge is 0.334 e. The van der Waals surface area contributed by atoms with E-state index < -0.39 is 42.9 Å². The molecule has 4 aliphatic carbocycles. The second-order valence-electron chi connectivity index (χ2n) is 13.5. The van der Waals surface area contributed by atoms with Gasteiger partial charge in [-0.15, -0.1) is 0 Å². The Morgan fingerprint density at radius 2 is 1.76 bits per heavy atom. The highest BCUT2D eigenvalue weighted by molar-refractivity contribution is 5.91. The number of carbonyl (C=O) groups is 1. The van der Waals surface area contributed by atoms with Crippen molar-refractivity contribution in [3.05, 3.63) is 11.6 Å². The lowest BCUT2D eigenvalue weighted by atomic mass is 9.43. The van der Waals surface area contributed by atoms with Crippen molar-refractivity contribution in [3.8, 4) is 0 Å². The van der Waals surface area contributed by atoms with Crippen molar-refractivity contribution in [3.63, 3.8) is 0 Å². The number of cyclic esters (lactones) is 1. The van der Waals surface area contributed by atoms with Crippen LogP contribution in [0.15, 0.2) is 11.6 Å². The number of hydrogen-bond donors (Lipinski definition) is 5. The zero-order chi connectivity index (χ0) is 27.0. The number of fused-ring (bicyclic) bond motifs is 5. The fourth-order valence-electron chi connectivity index (χ4n) is 9.84. The molecular weight excluding hydrogens is 492 g/mol. The number of rotatable bonds is 4. The molecular formula is C29H44O9. The average Bonchev–Trinajstić information content (AvgIpc) is 3.43. The predicted molar refractivity (Wildman–Crippen MR) is 134 cm³/mol. The van der Waals surface area contributed by atoms with Gasteiger partial charge in [0.05, 0.1) is 18.3 Å². The first-order valence-corrected chi connectivity index (χ1v) is 14.6. The molecule has 214 valence electrons. The van der Waals surface area contributed by atoms with Crippen LogP contribution in [0.4, 0.5) is 0 Å². The number of aliphatic hydroxyl groups is 5. The maximum Gasteiger partial charge on any atom is 0.334 e. The molecule has 38 heavy (non-hydrogen) atoms. The van der Waals surface area contributed by atoms with E-state index in [9.17, 15) is 30.3 Å². The van der Waals surface area contributed by atoms with Gasteiger partial charge in [0.1, 0.15) is 31.0 Å². The molecule has 0 unspecified atom stereocenters. The van der Waals surface area contributed by atoms with Crippen LogP contribution in [0.1, 0.15) is 71.6 Å². The molecule has 2 aliphatic heterocycles. The van der Waals surface area contributed by atoms with Crippen LogP contribution in [0.25, 0.3) is 0 Å². The molecule has 2 heterocycles. The van der Waals surface area contributed by atoms with Crippen LogP contribution in [-0.2, 0) is 19.0 Å².